The predicted octanol–water partition coefficient (Wildman–Crippen LogP) is 2.95. The molecule has 2 aromatic heterocycles. The molecule has 0 unspecified atom stereocenters. The Morgan fingerprint density at radius 2 is 2.28 bits per heavy atom. The van der Waals surface area contributed by atoms with Crippen molar-refractivity contribution in [2.24, 2.45) is 0 Å². The molecule has 0 aromatic carbocycles. The van der Waals surface area contributed by atoms with Gasteiger partial charge in [0.1, 0.15) is 0 Å². The van der Waals surface area contributed by atoms with E-state index in [2.05, 4.69) is 5.10 Å². The molecule has 0 aliphatic heterocycles. The van der Waals surface area contributed by atoms with Crippen LogP contribution in [0.4, 0.5) is 0 Å². The van der Waals surface area contributed by atoms with E-state index in [1.807, 2.05) is 13.8 Å². The van der Waals surface area contributed by atoms with E-state index in [0.29, 0.717) is 17.0 Å². The summed E-state index contributed by atoms with van der Waals surface area (Å²) in [6.07, 6.45) is 2.89. The molecule has 2 aromatic rings. The maximum atomic E-state index is 12.4. The summed E-state index contributed by atoms with van der Waals surface area (Å²) in [6.45, 7) is 3.86. The number of nitrogens with zero attached hydrogens (tertiary/aromatic N) is 2. The monoisotopic (exact) mass is 268 g/mol. The summed E-state index contributed by atoms with van der Waals surface area (Å²) in [4.78, 5) is 12.4. The molecule has 2 heterocycles. The summed E-state index contributed by atoms with van der Waals surface area (Å²) in [5, 5.41) is 4.21. The van der Waals surface area contributed by atoms with Crippen molar-refractivity contribution >= 4 is 17.4 Å². The lowest BCUT2D eigenvalue weighted by atomic mass is 10.1. The minimum atomic E-state index is -0.267. The van der Waals surface area contributed by atoms with Gasteiger partial charge >= 0.3 is 0 Å². The summed E-state index contributed by atoms with van der Waals surface area (Å²) >= 11 is 5.82. The van der Waals surface area contributed by atoms with E-state index >= 15 is 0 Å². The molecular weight excluding hydrogens is 256 g/mol. The zero-order valence-corrected chi connectivity index (χ0v) is 11.1. The van der Waals surface area contributed by atoms with Crippen molar-refractivity contribution in [1.29, 1.82) is 0 Å². The molecule has 96 valence electrons. The standard InChI is InChI=1S/C12H13ClN2O3/c1-7(2)15-10(9(17-3)6-14-15)11(16)8-4-5-18-12(8)13/h4-7H,1-3H3. The van der Waals surface area contributed by atoms with Crippen LogP contribution in [0.25, 0.3) is 0 Å². The molecule has 0 N–H and O–H groups in total. The predicted molar refractivity (Wildman–Crippen MR) is 66.3 cm³/mol. The van der Waals surface area contributed by atoms with E-state index in [1.165, 1.54) is 25.6 Å². The maximum Gasteiger partial charge on any atom is 0.219 e. The van der Waals surface area contributed by atoms with E-state index in [0.717, 1.165) is 0 Å². The minimum Gasteiger partial charge on any atom is -0.493 e. The average Bonchev–Trinajstić information content (AvgIpc) is 2.93. The molecule has 0 atom stereocenters. The number of furan rings is 1. The van der Waals surface area contributed by atoms with Gasteiger partial charge in [-0.3, -0.25) is 9.48 Å². The number of carbonyl (C=O) groups is 1. The maximum absolute atomic E-state index is 12.4. The van der Waals surface area contributed by atoms with Gasteiger partial charge < -0.3 is 9.15 Å². The first-order valence-electron chi connectivity index (χ1n) is 5.45. The summed E-state index contributed by atoms with van der Waals surface area (Å²) in [5.74, 6) is 0.155. The molecular formula is C12H13ClN2O3. The van der Waals surface area contributed by atoms with Crippen molar-refractivity contribution in [3.05, 3.63) is 35.0 Å². The summed E-state index contributed by atoms with van der Waals surface area (Å²) in [7, 11) is 1.50. The summed E-state index contributed by atoms with van der Waals surface area (Å²) in [5.41, 5.74) is 0.674. The molecule has 0 saturated heterocycles. The van der Waals surface area contributed by atoms with E-state index in [1.54, 1.807) is 4.68 Å². The van der Waals surface area contributed by atoms with Gasteiger partial charge in [-0.05, 0) is 31.5 Å². The van der Waals surface area contributed by atoms with Crippen molar-refractivity contribution in [1.82, 2.24) is 9.78 Å². The first-order chi connectivity index (χ1) is 8.56. The van der Waals surface area contributed by atoms with Crippen molar-refractivity contribution in [2.45, 2.75) is 19.9 Å². The number of hydrogen-bond acceptors (Lipinski definition) is 4. The molecule has 6 heteroatoms. The molecule has 0 amide bonds. The van der Waals surface area contributed by atoms with Crippen molar-refractivity contribution in [3.63, 3.8) is 0 Å². The lowest BCUT2D eigenvalue weighted by molar-refractivity contribution is 0.102. The number of rotatable bonds is 4. The van der Waals surface area contributed by atoms with Crippen LogP contribution in [0.3, 0.4) is 0 Å². The molecule has 0 bridgehead atoms. The second-order valence-electron chi connectivity index (χ2n) is 4.04. The molecule has 0 fully saturated rings. The Bertz CT molecular complexity index is 572. The average molecular weight is 269 g/mol. The molecule has 0 saturated carbocycles. The largest absolute Gasteiger partial charge is 0.493 e. The normalized spacial score (nSPS) is 10.9. The molecule has 0 radical (unpaired) electrons. The van der Waals surface area contributed by atoms with E-state index in [4.69, 9.17) is 20.8 Å². The van der Waals surface area contributed by atoms with Gasteiger partial charge in [0.05, 0.1) is 25.1 Å². The lowest BCUT2D eigenvalue weighted by Gasteiger charge is -2.10. The first kappa shape index (κ1) is 12.7. The van der Waals surface area contributed by atoms with Crippen LogP contribution >= 0.6 is 11.6 Å². The molecule has 0 aliphatic rings. The van der Waals surface area contributed by atoms with Crippen molar-refractivity contribution in [3.8, 4) is 5.75 Å². The number of halogens is 1. The number of carbonyl (C=O) groups excluding carboxylic acids is 1. The summed E-state index contributed by atoms with van der Waals surface area (Å²) in [6, 6.07) is 1.57. The third kappa shape index (κ3) is 2.01. The van der Waals surface area contributed by atoms with Crippen molar-refractivity contribution < 1.29 is 13.9 Å². The third-order valence-electron chi connectivity index (χ3n) is 2.55. The minimum absolute atomic E-state index is 0.0403. The van der Waals surface area contributed by atoms with E-state index in [9.17, 15) is 4.79 Å². The quantitative estimate of drug-likeness (QED) is 0.800. The van der Waals surface area contributed by atoms with Crippen LogP contribution in [0, 0.1) is 0 Å². The zero-order chi connectivity index (χ0) is 13.3. The smallest absolute Gasteiger partial charge is 0.219 e. The lowest BCUT2D eigenvalue weighted by Crippen LogP contribution is -2.14. The van der Waals surface area contributed by atoms with Gasteiger partial charge in [0, 0.05) is 6.04 Å². The van der Waals surface area contributed by atoms with Gasteiger partial charge in [-0.2, -0.15) is 5.10 Å². The second-order valence-corrected chi connectivity index (χ2v) is 4.38. The van der Waals surface area contributed by atoms with Crippen LogP contribution in [-0.4, -0.2) is 22.7 Å². The fourth-order valence-electron chi connectivity index (χ4n) is 1.69. The Kier molecular flexibility index (Phi) is 3.43. The zero-order valence-electron chi connectivity index (χ0n) is 10.3. The van der Waals surface area contributed by atoms with Gasteiger partial charge in [0.2, 0.25) is 11.0 Å². The molecule has 0 aliphatic carbocycles. The van der Waals surface area contributed by atoms with Crippen LogP contribution in [0.2, 0.25) is 5.22 Å². The Morgan fingerprint density at radius 1 is 1.56 bits per heavy atom. The highest BCUT2D eigenvalue weighted by molar-refractivity contribution is 6.33. The van der Waals surface area contributed by atoms with Crippen LogP contribution in [-0.2, 0) is 0 Å². The highest BCUT2D eigenvalue weighted by Gasteiger charge is 2.25. The van der Waals surface area contributed by atoms with Gasteiger partial charge in [-0.15, -0.1) is 0 Å². The number of hydrogen-bond donors (Lipinski definition) is 0. The Hall–Kier alpha value is -1.75. The number of ether oxygens (including phenoxy) is 1. The molecule has 18 heavy (non-hydrogen) atoms. The van der Waals surface area contributed by atoms with E-state index < -0.39 is 0 Å². The van der Waals surface area contributed by atoms with Gasteiger partial charge in [-0.25, -0.2) is 0 Å². The number of ketones is 1. The van der Waals surface area contributed by atoms with E-state index in [-0.39, 0.29) is 17.0 Å². The Morgan fingerprint density at radius 3 is 2.78 bits per heavy atom. The van der Waals surface area contributed by atoms with Gasteiger partial charge in [-0.1, -0.05) is 0 Å². The second kappa shape index (κ2) is 4.86. The molecule has 2 rings (SSSR count). The molecule has 5 nitrogen and oxygen atoms in total. The highest BCUT2D eigenvalue weighted by atomic mass is 35.5. The first-order valence-corrected chi connectivity index (χ1v) is 5.83. The Balaban J connectivity index is 2.53. The Labute approximate surface area is 109 Å². The molecule has 0 spiro atoms. The fourth-order valence-corrected chi connectivity index (χ4v) is 1.89. The summed E-state index contributed by atoms with van der Waals surface area (Å²) < 4.78 is 11.7. The van der Waals surface area contributed by atoms with Crippen LogP contribution in [0.1, 0.15) is 35.9 Å². The number of aromatic nitrogens is 2. The fraction of sp³-hybridized carbons (Fsp3) is 0.333. The van der Waals surface area contributed by atoms with Crippen LogP contribution < -0.4 is 4.74 Å². The van der Waals surface area contributed by atoms with Crippen LogP contribution in [0.5, 0.6) is 5.75 Å². The third-order valence-corrected chi connectivity index (χ3v) is 2.84. The van der Waals surface area contributed by atoms with Crippen molar-refractivity contribution in [2.75, 3.05) is 7.11 Å². The van der Waals surface area contributed by atoms with Gasteiger partial charge in [0.25, 0.3) is 0 Å². The number of methoxy groups -OCH3 is 1. The highest BCUT2D eigenvalue weighted by Crippen LogP contribution is 2.27. The topological polar surface area (TPSA) is 57.3 Å². The van der Waals surface area contributed by atoms with Gasteiger partial charge in [0.15, 0.2) is 11.4 Å². The van der Waals surface area contributed by atoms with Crippen LogP contribution in [0.15, 0.2) is 22.9 Å². The SMILES string of the molecule is COc1cnn(C(C)C)c1C(=O)c1ccoc1Cl.